The summed E-state index contributed by atoms with van der Waals surface area (Å²) in [6.07, 6.45) is -4.63. The summed E-state index contributed by atoms with van der Waals surface area (Å²) in [4.78, 5) is 13.6. The molecule has 0 spiro atoms. The highest BCUT2D eigenvalue weighted by Crippen LogP contribution is 2.45. The van der Waals surface area contributed by atoms with Crippen molar-refractivity contribution in [1.82, 2.24) is 10.2 Å². The first-order valence-electron chi connectivity index (χ1n) is 9.48. The number of hydrogen-bond acceptors (Lipinski definition) is 7. The van der Waals surface area contributed by atoms with Crippen LogP contribution in [-0.4, -0.2) is 16.1 Å². The Hall–Kier alpha value is -3.28. The quantitative estimate of drug-likeness (QED) is 0.277. The molecule has 0 atom stereocenters. The number of carbonyl (C=O) groups is 1. The number of rotatable bonds is 4. The number of nitrogens with zero attached hydrogens (tertiary/aromatic N) is 2. The number of benzene rings is 2. The molecule has 33 heavy (non-hydrogen) atoms. The van der Waals surface area contributed by atoms with Crippen molar-refractivity contribution in [3.63, 3.8) is 0 Å². The first-order valence-corrected chi connectivity index (χ1v) is 12.0. The molecule has 3 heterocycles. The molecule has 0 saturated carbocycles. The van der Waals surface area contributed by atoms with Crippen LogP contribution in [0.4, 0.5) is 24.0 Å². The fraction of sp³-hybridized carbons (Fsp3) is 0.0455. The third-order valence-electron chi connectivity index (χ3n) is 4.81. The zero-order valence-electron chi connectivity index (χ0n) is 16.5. The molecule has 0 aliphatic heterocycles. The fourth-order valence-corrected chi connectivity index (χ4v) is 5.90. The second-order valence-corrected chi connectivity index (χ2v) is 9.93. The van der Waals surface area contributed by atoms with Gasteiger partial charge in [-0.3, -0.25) is 10.1 Å². The lowest BCUT2D eigenvalue weighted by molar-refractivity contribution is -0.136. The summed E-state index contributed by atoms with van der Waals surface area (Å²) in [5, 5.41) is 13.1. The average Bonchev–Trinajstić information content (AvgIpc) is 3.54. The van der Waals surface area contributed by atoms with Crippen LogP contribution >= 0.6 is 34.0 Å². The van der Waals surface area contributed by atoms with E-state index in [2.05, 4.69) is 15.5 Å². The van der Waals surface area contributed by atoms with E-state index >= 15 is 0 Å². The van der Waals surface area contributed by atoms with Crippen molar-refractivity contribution in [3.05, 3.63) is 70.4 Å². The Kier molecular flexibility index (Phi) is 5.39. The summed E-state index contributed by atoms with van der Waals surface area (Å²) >= 11 is 3.42. The molecule has 1 amide bonds. The van der Waals surface area contributed by atoms with Gasteiger partial charge in [-0.05, 0) is 29.1 Å². The molecule has 0 radical (unpaired) electrons. The van der Waals surface area contributed by atoms with E-state index in [1.165, 1.54) is 11.3 Å². The number of nitrogen functional groups attached to an aromatic ring is 1. The van der Waals surface area contributed by atoms with Crippen LogP contribution in [0.2, 0.25) is 0 Å². The van der Waals surface area contributed by atoms with Gasteiger partial charge < -0.3 is 5.73 Å². The number of nitrogens with one attached hydrogen (secondary N) is 1. The van der Waals surface area contributed by atoms with Gasteiger partial charge in [0.1, 0.15) is 9.88 Å². The molecule has 3 N–H and O–H groups in total. The van der Waals surface area contributed by atoms with Crippen molar-refractivity contribution in [3.8, 4) is 21.0 Å². The van der Waals surface area contributed by atoms with Crippen molar-refractivity contribution in [2.75, 3.05) is 11.1 Å². The number of halogens is 3. The van der Waals surface area contributed by atoms with Crippen LogP contribution in [0.1, 0.15) is 15.2 Å². The predicted octanol–water partition coefficient (Wildman–Crippen LogP) is 7.00. The molecule has 0 aliphatic rings. The van der Waals surface area contributed by atoms with E-state index in [0.717, 1.165) is 34.3 Å². The number of hydrogen-bond donors (Lipinski definition) is 2. The van der Waals surface area contributed by atoms with E-state index in [4.69, 9.17) is 5.73 Å². The van der Waals surface area contributed by atoms with Gasteiger partial charge in [-0.1, -0.05) is 47.7 Å². The number of anilines is 2. The third kappa shape index (κ3) is 4.10. The molecule has 3 aromatic heterocycles. The SMILES string of the molecule is Nc1c(C(=O)Nc2nnc(-c3ccccc3)s2)sc2cc(-c3cccs3)cc(C(F)(F)F)c12. The minimum absolute atomic E-state index is 0.00436. The average molecular weight is 503 g/mol. The number of alkyl halides is 3. The zero-order valence-corrected chi connectivity index (χ0v) is 19.0. The van der Waals surface area contributed by atoms with Crippen LogP contribution in [0.5, 0.6) is 0 Å². The Morgan fingerprint density at radius 2 is 1.76 bits per heavy atom. The largest absolute Gasteiger partial charge is 0.417 e. The molecular weight excluding hydrogens is 489 g/mol. The van der Waals surface area contributed by atoms with Gasteiger partial charge in [0.15, 0.2) is 0 Å². The molecule has 0 saturated heterocycles. The Morgan fingerprint density at radius 3 is 2.45 bits per heavy atom. The Bertz CT molecular complexity index is 1460. The van der Waals surface area contributed by atoms with Gasteiger partial charge in [0.25, 0.3) is 5.91 Å². The van der Waals surface area contributed by atoms with E-state index in [1.807, 2.05) is 30.3 Å². The van der Waals surface area contributed by atoms with Crippen molar-refractivity contribution in [2.45, 2.75) is 6.18 Å². The van der Waals surface area contributed by atoms with Crippen molar-refractivity contribution in [2.24, 2.45) is 0 Å². The molecule has 0 bridgehead atoms. The summed E-state index contributed by atoms with van der Waals surface area (Å²) in [5.41, 5.74) is 6.28. The lowest BCUT2D eigenvalue weighted by Crippen LogP contribution is -2.12. The summed E-state index contributed by atoms with van der Waals surface area (Å²) < 4.78 is 41.9. The highest BCUT2D eigenvalue weighted by atomic mass is 32.1. The predicted molar refractivity (Wildman–Crippen MR) is 128 cm³/mol. The van der Waals surface area contributed by atoms with Crippen LogP contribution in [0.15, 0.2) is 60.0 Å². The van der Waals surface area contributed by atoms with Gasteiger partial charge in [-0.2, -0.15) is 13.2 Å². The maximum atomic E-state index is 13.9. The normalized spacial score (nSPS) is 11.7. The van der Waals surface area contributed by atoms with E-state index in [9.17, 15) is 18.0 Å². The maximum absolute atomic E-state index is 13.9. The van der Waals surface area contributed by atoms with E-state index in [0.29, 0.717) is 15.4 Å². The number of amides is 1. The second kappa shape index (κ2) is 8.25. The fourth-order valence-electron chi connectivity index (χ4n) is 3.35. The number of thiophene rings is 2. The van der Waals surface area contributed by atoms with E-state index in [-0.39, 0.29) is 25.8 Å². The number of fused-ring (bicyclic) bond motifs is 1. The van der Waals surface area contributed by atoms with Crippen molar-refractivity contribution < 1.29 is 18.0 Å². The standard InChI is InChI=1S/C22H13F3N4OS3/c23-22(24,25)13-9-12(14-7-4-8-31-14)10-15-16(13)17(26)18(32-15)19(30)27-21-29-28-20(33-21)11-5-2-1-3-6-11/h1-10H,26H2,(H,27,29,30). The topological polar surface area (TPSA) is 80.9 Å². The number of carbonyl (C=O) groups excluding carboxylic acids is 1. The Morgan fingerprint density at radius 1 is 0.970 bits per heavy atom. The van der Waals surface area contributed by atoms with Gasteiger partial charge >= 0.3 is 6.18 Å². The number of nitrogens with two attached hydrogens (primary N) is 1. The highest BCUT2D eigenvalue weighted by molar-refractivity contribution is 7.22. The second-order valence-electron chi connectivity index (χ2n) is 6.95. The molecule has 0 aliphatic carbocycles. The van der Waals surface area contributed by atoms with Gasteiger partial charge in [-0.25, -0.2) is 0 Å². The first-order chi connectivity index (χ1) is 15.8. The molecule has 5 rings (SSSR count). The van der Waals surface area contributed by atoms with Gasteiger partial charge in [0, 0.05) is 20.5 Å². The Labute approximate surface area is 197 Å². The summed E-state index contributed by atoms with van der Waals surface area (Å²) in [6.45, 7) is 0. The lowest BCUT2D eigenvalue weighted by atomic mass is 10.0. The van der Waals surface area contributed by atoms with Crippen LogP contribution < -0.4 is 11.1 Å². The van der Waals surface area contributed by atoms with Gasteiger partial charge in [0.2, 0.25) is 5.13 Å². The zero-order chi connectivity index (χ0) is 23.2. The smallest absolute Gasteiger partial charge is 0.397 e. The van der Waals surface area contributed by atoms with Gasteiger partial charge in [0.05, 0.1) is 11.3 Å². The van der Waals surface area contributed by atoms with Crippen molar-refractivity contribution >= 4 is 60.8 Å². The maximum Gasteiger partial charge on any atom is 0.417 e. The monoisotopic (exact) mass is 502 g/mol. The summed E-state index contributed by atoms with van der Waals surface area (Å²) in [5.74, 6) is -0.629. The number of aromatic nitrogens is 2. The molecule has 0 unspecified atom stereocenters. The third-order valence-corrected chi connectivity index (χ3v) is 7.77. The van der Waals surface area contributed by atoms with Crippen LogP contribution in [0, 0.1) is 0 Å². The molecule has 5 aromatic rings. The minimum Gasteiger partial charge on any atom is -0.397 e. The molecule has 0 fully saturated rings. The summed E-state index contributed by atoms with van der Waals surface area (Å²) in [7, 11) is 0. The van der Waals surface area contributed by atoms with Crippen molar-refractivity contribution in [1.29, 1.82) is 0 Å². The summed E-state index contributed by atoms with van der Waals surface area (Å²) in [6, 6.07) is 15.5. The lowest BCUT2D eigenvalue weighted by Gasteiger charge is -2.11. The van der Waals surface area contributed by atoms with E-state index in [1.54, 1.807) is 23.6 Å². The van der Waals surface area contributed by atoms with Crippen LogP contribution in [0.3, 0.4) is 0 Å². The molecular formula is C22H13F3N4OS3. The molecule has 166 valence electrons. The first kappa shape index (κ1) is 21.6. The minimum atomic E-state index is -4.63. The van der Waals surface area contributed by atoms with Crippen LogP contribution in [-0.2, 0) is 6.18 Å². The van der Waals surface area contributed by atoms with Crippen LogP contribution in [0.25, 0.3) is 31.1 Å². The Balaban J connectivity index is 1.53. The van der Waals surface area contributed by atoms with Gasteiger partial charge in [-0.15, -0.1) is 32.9 Å². The molecule has 11 heteroatoms. The highest BCUT2D eigenvalue weighted by Gasteiger charge is 2.36. The molecule has 5 nitrogen and oxygen atoms in total. The van der Waals surface area contributed by atoms with E-state index < -0.39 is 17.6 Å². The molecule has 2 aromatic carbocycles.